The predicted molar refractivity (Wildman–Crippen MR) is 44.0 cm³/mol. The molecule has 0 heterocycles. The van der Waals surface area contributed by atoms with Crippen molar-refractivity contribution in [3.63, 3.8) is 0 Å². The van der Waals surface area contributed by atoms with Crippen molar-refractivity contribution in [1.29, 1.82) is 0 Å². The van der Waals surface area contributed by atoms with Gasteiger partial charge in [-0.3, -0.25) is 20.2 Å². The van der Waals surface area contributed by atoms with Crippen molar-refractivity contribution in [2.24, 2.45) is 0 Å². The quantitative estimate of drug-likeness (QED) is 0.480. The second-order valence-electron chi connectivity index (χ2n) is 2.82. The molecule has 0 saturated carbocycles. The fraction of sp³-hybridized carbons (Fsp3) is 0.429. The standard InChI is InChI=1S/C7H8N2O4/c1-5-2-3-6(8(10)11)4-7(5)9(12)13/h4H,2-3H2,1H3. The van der Waals surface area contributed by atoms with Gasteiger partial charge in [0.05, 0.1) is 15.9 Å². The third kappa shape index (κ3) is 1.90. The lowest BCUT2D eigenvalue weighted by Gasteiger charge is -2.06. The molecule has 1 aliphatic carbocycles. The van der Waals surface area contributed by atoms with Gasteiger partial charge >= 0.3 is 0 Å². The Hall–Kier alpha value is -1.72. The first kappa shape index (κ1) is 9.37. The Balaban J connectivity index is 3.05. The van der Waals surface area contributed by atoms with E-state index >= 15 is 0 Å². The normalized spacial score (nSPS) is 16.8. The Labute approximate surface area is 73.8 Å². The van der Waals surface area contributed by atoms with E-state index in [0.29, 0.717) is 12.0 Å². The van der Waals surface area contributed by atoms with Crippen LogP contribution in [-0.2, 0) is 0 Å². The van der Waals surface area contributed by atoms with Gasteiger partial charge in [-0.25, -0.2) is 0 Å². The molecule has 0 saturated heterocycles. The Morgan fingerprint density at radius 2 is 1.85 bits per heavy atom. The monoisotopic (exact) mass is 184 g/mol. The lowest BCUT2D eigenvalue weighted by atomic mass is 10.0. The van der Waals surface area contributed by atoms with Crippen LogP contribution in [0.1, 0.15) is 19.8 Å². The third-order valence-corrected chi connectivity index (χ3v) is 1.93. The van der Waals surface area contributed by atoms with E-state index in [1.807, 2.05) is 0 Å². The number of hydrogen-bond acceptors (Lipinski definition) is 4. The molecule has 0 radical (unpaired) electrons. The number of allylic oxidation sites excluding steroid dienone is 3. The summed E-state index contributed by atoms with van der Waals surface area (Å²) in [6.45, 7) is 1.62. The summed E-state index contributed by atoms with van der Waals surface area (Å²) in [5.74, 6) is 0. The van der Waals surface area contributed by atoms with E-state index in [2.05, 4.69) is 0 Å². The molecule has 0 bridgehead atoms. The van der Waals surface area contributed by atoms with Gasteiger partial charge in [0.15, 0.2) is 0 Å². The first-order valence-corrected chi connectivity index (χ1v) is 3.71. The molecule has 0 N–H and O–H groups in total. The fourth-order valence-corrected chi connectivity index (χ4v) is 1.15. The van der Waals surface area contributed by atoms with Gasteiger partial charge in [-0.2, -0.15) is 0 Å². The molecule has 6 heteroatoms. The van der Waals surface area contributed by atoms with Crippen LogP contribution in [0.2, 0.25) is 0 Å². The van der Waals surface area contributed by atoms with Gasteiger partial charge in [0.1, 0.15) is 0 Å². The van der Waals surface area contributed by atoms with E-state index < -0.39 is 9.85 Å². The maximum atomic E-state index is 10.4. The van der Waals surface area contributed by atoms with Crippen LogP contribution in [0.3, 0.4) is 0 Å². The van der Waals surface area contributed by atoms with Gasteiger partial charge in [-0.15, -0.1) is 0 Å². The minimum Gasteiger partial charge on any atom is -0.259 e. The van der Waals surface area contributed by atoms with Crippen LogP contribution in [0.25, 0.3) is 0 Å². The Kier molecular flexibility index (Phi) is 2.41. The van der Waals surface area contributed by atoms with E-state index in [1.165, 1.54) is 0 Å². The van der Waals surface area contributed by atoms with Crippen molar-refractivity contribution in [3.8, 4) is 0 Å². The number of nitrogens with zero attached hydrogens (tertiary/aromatic N) is 2. The maximum Gasteiger partial charge on any atom is 0.274 e. The molecule has 0 aromatic rings. The average Bonchev–Trinajstić information content (AvgIpc) is 2.04. The van der Waals surface area contributed by atoms with E-state index in [0.717, 1.165) is 6.08 Å². The van der Waals surface area contributed by atoms with Crippen LogP contribution in [-0.4, -0.2) is 9.85 Å². The first-order valence-electron chi connectivity index (χ1n) is 3.71. The first-order chi connectivity index (χ1) is 6.02. The van der Waals surface area contributed by atoms with E-state index in [4.69, 9.17) is 0 Å². The zero-order valence-corrected chi connectivity index (χ0v) is 7.02. The summed E-state index contributed by atoms with van der Waals surface area (Å²) >= 11 is 0. The summed E-state index contributed by atoms with van der Waals surface area (Å²) in [6, 6.07) is 0. The van der Waals surface area contributed by atoms with Crippen LogP contribution >= 0.6 is 0 Å². The second-order valence-corrected chi connectivity index (χ2v) is 2.82. The Bertz CT molecular complexity index is 329. The lowest BCUT2D eigenvalue weighted by molar-refractivity contribution is -0.438. The summed E-state index contributed by atoms with van der Waals surface area (Å²) in [7, 11) is 0. The predicted octanol–water partition coefficient (Wildman–Crippen LogP) is 1.49. The van der Waals surface area contributed by atoms with Crippen LogP contribution in [0.15, 0.2) is 23.0 Å². The van der Waals surface area contributed by atoms with Gasteiger partial charge in [0.2, 0.25) is 0 Å². The van der Waals surface area contributed by atoms with E-state index in [1.54, 1.807) is 6.92 Å². The largest absolute Gasteiger partial charge is 0.274 e. The molecular weight excluding hydrogens is 176 g/mol. The minimum absolute atomic E-state index is 0.0858. The number of nitro groups is 2. The van der Waals surface area contributed by atoms with E-state index in [9.17, 15) is 20.2 Å². The number of hydrogen-bond donors (Lipinski definition) is 0. The van der Waals surface area contributed by atoms with Crippen LogP contribution < -0.4 is 0 Å². The fourth-order valence-electron chi connectivity index (χ4n) is 1.15. The summed E-state index contributed by atoms with van der Waals surface area (Å²) in [6.07, 6.45) is 1.71. The second kappa shape index (κ2) is 3.34. The molecule has 1 rings (SSSR count). The highest BCUT2D eigenvalue weighted by atomic mass is 16.6. The van der Waals surface area contributed by atoms with Crippen molar-refractivity contribution < 1.29 is 9.85 Å². The smallest absolute Gasteiger partial charge is 0.259 e. The van der Waals surface area contributed by atoms with Gasteiger partial charge in [-0.05, 0) is 13.3 Å². The van der Waals surface area contributed by atoms with Crippen molar-refractivity contribution in [1.82, 2.24) is 0 Å². The third-order valence-electron chi connectivity index (χ3n) is 1.93. The van der Waals surface area contributed by atoms with Crippen molar-refractivity contribution in [2.75, 3.05) is 0 Å². The molecule has 0 amide bonds. The molecule has 13 heavy (non-hydrogen) atoms. The molecule has 0 aromatic heterocycles. The van der Waals surface area contributed by atoms with Crippen molar-refractivity contribution >= 4 is 0 Å². The van der Waals surface area contributed by atoms with Crippen LogP contribution in [0.4, 0.5) is 0 Å². The highest BCUT2D eigenvalue weighted by Crippen LogP contribution is 2.23. The molecule has 0 aliphatic heterocycles. The maximum absolute atomic E-state index is 10.4. The molecule has 0 unspecified atom stereocenters. The minimum atomic E-state index is -0.585. The average molecular weight is 184 g/mol. The van der Waals surface area contributed by atoms with Crippen LogP contribution in [0, 0.1) is 20.2 Å². The highest BCUT2D eigenvalue weighted by Gasteiger charge is 2.24. The van der Waals surface area contributed by atoms with Gasteiger partial charge in [-0.1, -0.05) is 0 Å². The Morgan fingerprint density at radius 3 is 2.31 bits per heavy atom. The van der Waals surface area contributed by atoms with E-state index in [-0.39, 0.29) is 17.8 Å². The SMILES string of the molecule is CC1=C([N+](=O)[O-])C=C([N+](=O)[O-])CC1. The number of rotatable bonds is 2. The Morgan fingerprint density at radius 1 is 1.23 bits per heavy atom. The van der Waals surface area contributed by atoms with Crippen LogP contribution in [0.5, 0.6) is 0 Å². The van der Waals surface area contributed by atoms with Gasteiger partial charge < -0.3 is 0 Å². The summed E-state index contributed by atoms with van der Waals surface area (Å²) < 4.78 is 0. The van der Waals surface area contributed by atoms with Gasteiger partial charge in [0, 0.05) is 12.0 Å². The zero-order chi connectivity index (χ0) is 10.0. The molecule has 1 aliphatic rings. The van der Waals surface area contributed by atoms with Crippen molar-refractivity contribution in [3.05, 3.63) is 43.3 Å². The summed E-state index contributed by atoms with van der Waals surface area (Å²) in [4.78, 5) is 19.6. The lowest BCUT2D eigenvalue weighted by Crippen LogP contribution is -2.09. The topological polar surface area (TPSA) is 86.3 Å². The molecule has 0 fully saturated rings. The molecular formula is C7H8N2O4. The zero-order valence-electron chi connectivity index (χ0n) is 7.02. The molecule has 70 valence electrons. The molecule has 0 aromatic carbocycles. The molecule has 6 nitrogen and oxygen atoms in total. The summed E-state index contributed by atoms with van der Waals surface area (Å²) in [5, 5.41) is 20.7. The molecule has 0 atom stereocenters. The summed E-state index contributed by atoms with van der Waals surface area (Å²) in [5.41, 5.74) is 0.367. The van der Waals surface area contributed by atoms with Crippen molar-refractivity contribution in [2.45, 2.75) is 19.8 Å². The highest BCUT2D eigenvalue weighted by molar-refractivity contribution is 5.24. The molecule has 0 spiro atoms. The van der Waals surface area contributed by atoms with Gasteiger partial charge in [0.25, 0.3) is 11.4 Å².